The molecular formula is C17H28NO2PS. The van der Waals surface area contributed by atoms with Gasteiger partial charge in [-0.25, -0.2) is 4.79 Å². The standard InChI is InChI=1S/C17H28NO2PS/c1-4-5-6-7-11-20-17(19)18-16(13(2)21)14-9-8-10-15(12-14)22-3/h8-10,12-13,16H,4-7,11,21H2,1-3H3,(H,18,19)/t13-,16-/m0/s1. The molecule has 1 rings (SSSR count). The Hall–Kier alpha value is -0.730. The van der Waals surface area contributed by atoms with Crippen LogP contribution in [0.1, 0.15) is 51.1 Å². The van der Waals surface area contributed by atoms with Crippen molar-refractivity contribution in [1.29, 1.82) is 0 Å². The van der Waals surface area contributed by atoms with Crippen LogP contribution in [0, 0.1) is 0 Å². The molecule has 0 aromatic heterocycles. The zero-order valence-corrected chi connectivity index (χ0v) is 15.8. The van der Waals surface area contributed by atoms with Crippen LogP contribution < -0.4 is 5.32 Å². The van der Waals surface area contributed by atoms with Gasteiger partial charge < -0.3 is 10.1 Å². The van der Waals surface area contributed by atoms with Crippen molar-refractivity contribution in [1.82, 2.24) is 5.32 Å². The van der Waals surface area contributed by atoms with Gasteiger partial charge in [-0.2, -0.15) is 0 Å². The Morgan fingerprint density at radius 3 is 2.77 bits per heavy atom. The second-order valence-corrected chi connectivity index (χ2v) is 7.39. The maximum atomic E-state index is 12.0. The maximum absolute atomic E-state index is 12.0. The smallest absolute Gasteiger partial charge is 0.407 e. The van der Waals surface area contributed by atoms with Gasteiger partial charge in [0.15, 0.2) is 0 Å². The fraction of sp³-hybridized carbons (Fsp3) is 0.588. The molecule has 3 nitrogen and oxygen atoms in total. The molecule has 0 radical (unpaired) electrons. The molecule has 1 N–H and O–H groups in total. The van der Waals surface area contributed by atoms with Gasteiger partial charge in [0.2, 0.25) is 0 Å². The van der Waals surface area contributed by atoms with Crippen molar-refractivity contribution in [2.45, 2.75) is 56.1 Å². The van der Waals surface area contributed by atoms with Crippen LogP contribution in [0.3, 0.4) is 0 Å². The van der Waals surface area contributed by atoms with Crippen molar-refractivity contribution in [3.8, 4) is 0 Å². The van der Waals surface area contributed by atoms with Gasteiger partial charge in [0, 0.05) is 4.90 Å². The number of nitrogens with one attached hydrogen (secondary N) is 1. The van der Waals surface area contributed by atoms with Gasteiger partial charge in [0.1, 0.15) is 0 Å². The zero-order chi connectivity index (χ0) is 16.4. The van der Waals surface area contributed by atoms with Crippen LogP contribution in [0.25, 0.3) is 0 Å². The lowest BCUT2D eigenvalue weighted by Gasteiger charge is -2.23. The molecule has 0 saturated heterocycles. The molecular weight excluding hydrogens is 313 g/mol. The van der Waals surface area contributed by atoms with Crippen LogP contribution >= 0.6 is 21.0 Å². The van der Waals surface area contributed by atoms with Gasteiger partial charge in [-0.15, -0.1) is 21.0 Å². The van der Waals surface area contributed by atoms with Gasteiger partial charge in [0.25, 0.3) is 0 Å². The number of thioether (sulfide) groups is 1. The molecule has 124 valence electrons. The number of unbranched alkanes of at least 4 members (excludes halogenated alkanes) is 3. The topological polar surface area (TPSA) is 38.3 Å². The van der Waals surface area contributed by atoms with Crippen LogP contribution in [0.15, 0.2) is 29.2 Å². The van der Waals surface area contributed by atoms with Gasteiger partial charge in [0.05, 0.1) is 12.6 Å². The number of carbonyl (C=O) groups excluding carboxylic acids is 1. The number of rotatable bonds is 9. The second-order valence-electron chi connectivity index (χ2n) is 5.45. The molecule has 1 aromatic carbocycles. The molecule has 0 aliphatic carbocycles. The lowest BCUT2D eigenvalue weighted by Crippen LogP contribution is -2.33. The Balaban J connectivity index is 2.55. The first-order valence-electron chi connectivity index (χ1n) is 7.91. The summed E-state index contributed by atoms with van der Waals surface area (Å²) in [5, 5.41) is 2.98. The number of hydrogen-bond donors (Lipinski definition) is 1. The minimum Gasteiger partial charge on any atom is -0.450 e. The third-order valence-electron chi connectivity index (χ3n) is 3.48. The molecule has 0 saturated carbocycles. The normalized spacial score (nSPS) is 13.5. The van der Waals surface area contributed by atoms with Gasteiger partial charge in [-0.3, -0.25) is 0 Å². The molecule has 1 aromatic rings. The van der Waals surface area contributed by atoms with E-state index in [4.69, 9.17) is 4.74 Å². The van der Waals surface area contributed by atoms with Crippen LogP contribution in [0.5, 0.6) is 0 Å². The first-order chi connectivity index (χ1) is 10.6. The van der Waals surface area contributed by atoms with E-state index in [0.29, 0.717) is 6.61 Å². The first-order valence-corrected chi connectivity index (χ1v) is 9.80. The summed E-state index contributed by atoms with van der Waals surface area (Å²) in [5.41, 5.74) is 1.34. The summed E-state index contributed by atoms with van der Waals surface area (Å²) in [6.45, 7) is 4.73. The third-order valence-corrected chi connectivity index (χ3v) is 4.59. The molecule has 1 amide bonds. The highest BCUT2D eigenvalue weighted by molar-refractivity contribution is 7.98. The minimum absolute atomic E-state index is 0.0553. The van der Waals surface area contributed by atoms with Crippen molar-refractivity contribution in [2.24, 2.45) is 0 Å². The van der Waals surface area contributed by atoms with Crippen molar-refractivity contribution >= 4 is 27.1 Å². The lowest BCUT2D eigenvalue weighted by atomic mass is 10.0. The average Bonchev–Trinajstić information content (AvgIpc) is 2.52. The van der Waals surface area contributed by atoms with E-state index in [1.165, 1.54) is 17.7 Å². The second kappa shape index (κ2) is 10.9. The Kier molecular flexibility index (Phi) is 9.58. The SMILES string of the molecule is CCCCCCOC(=O)N[C@H](c1cccc(SC)c1)[C@H](C)P. The summed E-state index contributed by atoms with van der Waals surface area (Å²) in [5.74, 6) is 0. The highest BCUT2D eigenvalue weighted by atomic mass is 32.2. The fourth-order valence-electron chi connectivity index (χ4n) is 2.22. The van der Waals surface area contributed by atoms with E-state index in [1.807, 2.05) is 12.1 Å². The van der Waals surface area contributed by atoms with Gasteiger partial charge in [-0.05, 0) is 36.0 Å². The highest BCUT2D eigenvalue weighted by Gasteiger charge is 2.19. The van der Waals surface area contributed by atoms with Gasteiger partial charge >= 0.3 is 6.09 Å². The monoisotopic (exact) mass is 341 g/mol. The van der Waals surface area contributed by atoms with Crippen molar-refractivity contribution in [3.05, 3.63) is 29.8 Å². The summed E-state index contributed by atoms with van der Waals surface area (Å²) in [4.78, 5) is 13.2. The molecule has 5 heteroatoms. The Labute approximate surface area is 141 Å². The predicted molar refractivity (Wildman–Crippen MR) is 98.8 cm³/mol. The van der Waals surface area contributed by atoms with Crippen LogP contribution in [-0.4, -0.2) is 24.6 Å². The average molecular weight is 341 g/mol. The Bertz CT molecular complexity index is 454. The minimum atomic E-state index is -0.328. The molecule has 0 aliphatic rings. The summed E-state index contributed by atoms with van der Waals surface area (Å²) in [6.07, 6.45) is 6.15. The highest BCUT2D eigenvalue weighted by Crippen LogP contribution is 2.26. The van der Waals surface area contributed by atoms with E-state index >= 15 is 0 Å². The zero-order valence-electron chi connectivity index (χ0n) is 13.8. The molecule has 0 fully saturated rings. The number of carbonyl (C=O) groups is 1. The molecule has 1 unspecified atom stereocenters. The van der Waals surface area contributed by atoms with Crippen molar-refractivity contribution in [2.75, 3.05) is 12.9 Å². The number of alkyl carbamates (subject to hydrolysis) is 1. The molecule has 0 spiro atoms. The maximum Gasteiger partial charge on any atom is 0.407 e. The van der Waals surface area contributed by atoms with E-state index in [-0.39, 0.29) is 17.8 Å². The first kappa shape index (κ1) is 19.3. The van der Waals surface area contributed by atoms with E-state index < -0.39 is 0 Å². The molecule has 3 atom stereocenters. The van der Waals surface area contributed by atoms with Crippen molar-refractivity contribution in [3.63, 3.8) is 0 Å². The molecule has 22 heavy (non-hydrogen) atoms. The van der Waals surface area contributed by atoms with E-state index in [9.17, 15) is 4.79 Å². The number of amides is 1. The van der Waals surface area contributed by atoms with Crippen molar-refractivity contribution < 1.29 is 9.53 Å². The third kappa shape index (κ3) is 7.02. The van der Waals surface area contributed by atoms with Crippen LogP contribution in [0.2, 0.25) is 0 Å². The van der Waals surface area contributed by atoms with Crippen LogP contribution in [0.4, 0.5) is 4.79 Å². The summed E-state index contributed by atoms with van der Waals surface area (Å²) >= 11 is 1.70. The quantitative estimate of drug-likeness (QED) is 0.389. The van der Waals surface area contributed by atoms with Gasteiger partial charge in [-0.1, -0.05) is 45.2 Å². The lowest BCUT2D eigenvalue weighted by molar-refractivity contribution is 0.140. The fourth-order valence-corrected chi connectivity index (χ4v) is 3.00. The number of ether oxygens (including phenoxy) is 1. The molecule has 0 bridgehead atoms. The Morgan fingerprint density at radius 1 is 1.36 bits per heavy atom. The van der Waals surface area contributed by atoms with E-state index in [0.717, 1.165) is 18.4 Å². The van der Waals surface area contributed by atoms with E-state index in [2.05, 4.69) is 46.8 Å². The largest absolute Gasteiger partial charge is 0.450 e. The number of benzene rings is 1. The number of hydrogen-bond acceptors (Lipinski definition) is 3. The van der Waals surface area contributed by atoms with E-state index in [1.54, 1.807) is 11.8 Å². The van der Waals surface area contributed by atoms with Crippen LogP contribution in [-0.2, 0) is 4.74 Å². The summed E-state index contributed by atoms with van der Waals surface area (Å²) in [6, 6.07) is 8.22. The molecule has 0 heterocycles. The summed E-state index contributed by atoms with van der Waals surface area (Å²) < 4.78 is 5.28. The molecule has 0 aliphatic heterocycles. The summed E-state index contributed by atoms with van der Waals surface area (Å²) in [7, 11) is 2.76. The predicted octanol–water partition coefficient (Wildman–Crippen LogP) is 5.02. The Morgan fingerprint density at radius 2 is 2.14 bits per heavy atom.